The van der Waals surface area contributed by atoms with Gasteiger partial charge in [-0.15, -0.1) is 0 Å². The molecule has 0 radical (unpaired) electrons. The highest BCUT2D eigenvalue weighted by atomic mass is 79.9. The van der Waals surface area contributed by atoms with Crippen LogP contribution in [0.15, 0.2) is 12.4 Å². The Hall–Kier alpha value is -0.990. The standard InChI is InChI=1S/C12H19BrN4O3/c13-10-3-1-2-4-11(10)15-7-9(18)8-16-6-5-14-12(16)17(19)20/h5-6,9-11,15,18H,1-4,7-8H2/t9?,10-,11?/m0/s1. The molecule has 0 amide bonds. The minimum Gasteiger partial charge on any atom is -0.390 e. The Labute approximate surface area is 125 Å². The molecule has 1 saturated carbocycles. The van der Waals surface area contributed by atoms with Crippen LogP contribution in [0.3, 0.4) is 0 Å². The van der Waals surface area contributed by atoms with Crippen LogP contribution in [0.25, 0.3) is 0 Å². The summed E-state index contributed by atoms with van der Waals surface area (Å²) >= 11 is 3.65. The molecule has 2 N–H and O–H groups in total. The Morgan fingerprint density at radius 3 is 3.05 bits per heavy atom. The van der Waals surface area contributed by atoms with Gasteiger partial charge in [-0.25, -0.2) is 4.57 Å². The molecule has 1 aromatic rings. The smallest absolute Gasteiger partial charge is 0.390 e. The molecule has 1 fully saturated rings. The monoisotopic (exact) mass is 346 g/mol. The van der Waals surface area contributed by atoms with Gasteiger partial charge in [0.15, 0.2) is 0 Å². The van der Waals surface area contributed by atoms with Crippen LogP contribution >= 0.6 is 15.9 Å². The van der Waals surface area contributed by atoms with E-state index in [9.17, 15) is 15.2 Å². The fraction of sp³-hybridized carbons (Fsp3) is 0.750. The van der Waals surface area contributed by atoms with Gasteiger partial charge >= 0.3 is 5.95 Å². The van der Waals surface area contributed by atoms with Gasteiger partial charge in [-0.2, -0.15) is 0 Å². The van der Waals surface area contributed by atoms with Crippen LogP contribution < -0.4 is 5.32 Å². The van der Waals surface area contributed by atoms with E-state index in [4.69, 9.17) is 0 Å². The van der Waals surface area contributed by atoms with Crippen LogP contribution in [-0.2, 0) is 6.54 Å². The second-order valence-corrected chi connectivity index (χ2v) is 6.28. The molecule has 0 aromatic carbocycles. The maximum atomic E-state index is 10.7. The van der Waals surface area contributed by atoms with E-state index < -0.39 is 11.0 Å². The van der Waals surface area contributed by atoms with Crippen LogP contribution in [0, 0.1) is 10.1 Å². The Balaban J connectivity index is 1.81. The number of aliphatic hydroxyl groups is 1. The normalized spacial score (nSPS) is 24.5. The van der Waals surface area contributed by atoms with E-state index in [1.54, 1.807) is 0 Å². The number of nitrogens with one attached hydrogen (secondary N) is 1. The summed E-state index contributed by atoms with van der Waals surface area (Å²) in [6, 6.07) is 0.358. The molecule has 3 atom stereocenters. The predicted octanol–water partition coefficient (Wildman–Crippen LogP) is 1.45. The first-order chi connectivity index (χ1) is 9.58. The van der Waals surface area contributed by atoms with Crippen molar-refractivity contribution in [2.24, 2.45) is 0 Å². The zero-order valence-electron chi connectivity index (χ0n) is 11.1. The van der Waals surface area contributed by atoms with E-state index in [-0.39, 0.29) is 12.5 Å². The molecule has 1 heterocycles. The second-order valence-electron chi connectivity index (χ2n) is 5.11. The quantitative estimate of drug-likeness (QED) is 0.462. The maximum Gasteiger partial charge on any atom is 0.434 e. The van der Waals surface area contributed by atoms with Crippen molar-refractivity contribution >= 4 is 21.9 Å². The highest BCUT2D eigenvalue weighted by molar-refractivity contribution is 9.09. The number of aromatic nitrogens is 2. The molecule has 112 valence electrons. The summed E-state index contributed by atoms with van der Waals surface area (Å²) in [7, 11) is 0. The fourth-order valence-corrected chi connectivity index (χ4v) is 3.29. The summed E-state index contributed by atoms with van der Waals surface area (Å²) in [5, 5.41) is 24.1. The largest absolute Gasteiger partial charge is 0.434 e. The van der Waals surface area contributed by atoms with Crippen LogP contribution in [0.2, 0.25) is 0 Å². The molecule has 1 aromatic heterocycles. The lowest BCUT2D eigenvalue weighted by molar-refractivity contribution is -0.397. The number of hydrogen-bond acceptors (Lipinski definition) is 5. The van der Waals surface area contributed by atoms with E-state index in [1.807, 2.05) is 0 Å². The first-order valence-corrected chi connectivity index (χ1v) is 7.70. The topological polar surface area (TPSA) is 93.2 Å². The Bertz CT molecular complexity index is 454. The summed E-state index contributed by atoms with van der Waals surface area (Å²) in [6.45, 7) is 0.588. The maximum absolute atomic E-state index is 10.7. The van der Waals surface area contributed by atoms with E-state index in [2.05, 4.69) is 26.2 Å². The third-order valence-corrected chi connectivity index (χ3v) is 4.66. The summed E-state index contributed by atoms with van der Waals surface area (Å²) in [5.41, 5.74) is 0. The number of imidazole rings is 1. The molecule has 0 spiro atoms. The van der Waals surface area contributed by atoms with Crippen LogP contribution in [0.4, 0.5) is 5.95 Å². The third kappa shape index (κ3) is 4.00. The Morgan fingerprint density at radius 1 is 1.60 bits per heavy atom. The van der Waals surface area contributed by atoms with Crippen molar-refractivity contribution < 1.29 is 10.0 Å². The van der Waals surface area contributed by atoms with Crippen LogP contribution in [0.1, 0.15) is 25.7 Å². The Morgan fingerprint density at radius 2 is 2.35 bits per heavy atom. The lowest BCUT2D eigenvalue weighted by Crippen LogP contribution is -2.43. The van der Waals surface area contributed by atoms with Crippen LogP contribution in [-0.4, -0.2) is 43.1 Å². The second kappa shape index (κ2) is 7.14. The molecule has 0 aliphatic heterocycles. The molecule has 2 rings (SSSR count). The van der Waals surface area contributed by atoms with Crippen molar-refractivity contribution in [2.45, 2.75) is 49.2 Å². The first-order valence-electron chi connectivity index (χ1n) is 6.79. The van der Waals surface area contributed by atoms with Gasteiger partial charge in [0.2, 0.25) is 0 Å². The number of aliphatic hydroxyl groups excluding tert-OH is 1. The molecule has 2 unspecified atom stereocenters. The molecular weight excluding hydrogens is 328 g/mol. The lowest BCUT2D eigenvalue weighted by atomic mass is 9.95. The molecule has 7 nitrogen and oxygen atoms in total. The van der Waals surface area contributed by atoms with Crippen molar-refractivity contribution in [2.75, 3.05) is 6.54 Å². The van der Waals surface area contributed by atoms with Crippen molar-refractivity contribution in [1.82, 2.24) is 14.9 Å². The molecule has 20 heavy (non-hydrogen) atoms. The van der Waals surface area contributed by atoms with Gasteiger partial charge < -0.3 is 20.5 Å². The average molecular weight is 347 g/mol. The number of hydrogen-bond donors (Lipinski definition) is 2. The molecule has 1 aliphatic rings. The van der Waals surface area contributed by atoms with Gasteiger partial charge in [0.05, 0.1) is 12.6 Å². The van der Waals surface area contributed by atoms with Gasteiger partial charge in [0.1, 0.15) is 12.4 Å². The highest BCUT2D eigenvalue weighted by Crippen LogP contribution is 2.24. The molecule has 0 bridgehead atoms. The number of halogens is 1. The minimum atomic E-state index is -0.676. The fourth-order valence-electron chi connectivity index (χ4n) is 2.51. The van der Waals surface area contributed by atoms with Gasteiger partial charge in [-0.3, -0.25) is 0 Å². The van der Waals surface area contributed by atoms with Crippen molar-refractivity contribution in [1.29, 1.82) is 0 Å². The molecule has 0 saturated heterocycles. The van der Waals surface area contributed by atoms with E-state index in [0.29, 0.717) is 17.4 Å². The molecular formula is C12H19BrN4O3. The lowest BCUT2D eigenvalue weighted by Gasteiger charge is -2.29. The zero-order chi connectivity index (χ0) is 14.5. The van der Waals surface area contributed by atoms with Gasteiger partial charge in [-0.05, 0) is 17.8 Å². The van der Waals surface area contributed by atoms with E-state index in [1.165, 1.54) is 29.8 Å². The van der Waals surface area contributed by atoms with E-state index >= 15 is 0 Å². The first kappa shape index (κ1) is 15.4. The van der Waals surface area contributed by atoms with Crippen molar-refractivity contribution in [3.63, 3.8) is 0 Å². The summed E-state index contributed by atoms with van der Waals surface area (Å²) in [4.78, 5) is 14.3. The SMILES string of the molecule is O=[N+]([O-])c1nccn1CC(O)CNC1CCCC[C@@H]1Br. The van der Waals surface area contributed by atoms with Crippen molar-refractivity contribution in [3.8, 4) is 0 Å². The average Bonchev–Trinajstić information content (AvgIpc) is 2.86. The van der Waals surface area contributed by atoms with Gasteiger partial charge in [-0.1, -0.05) is 33.8 Å². The molecule has 8 heteroatoms. The van der Waals surface area contributed by atoms with E-state index in [0.717, 1.165) is 12.8 Å². The minimum absolute atomic E-state index is 0.170. The number of rotatable bonds is 6. The number of nitrogens with zero attached hydrogens (tertiary/aromatic N) is 3. The number of alkyl halides is 1. The highest BCUT2D eigenvalue weighted by Gasteiger charge is 2.23. The van der Waals surface area contributed by atoms with Gasteiger partial charge in [0, 0.05) is 17.4 Å². The summed E-state index contributed by atoms with van der Waals surface area (Å²) < 4.78 is 1.36. The zero-order valence-corrected chi connectivity index (χ0v) is 12.7. The predicted molar refractivity (Wildman–Crippen MR) is 77.9 cm³/mol. The van der Waals surface area contributed by atoms with Crippen LogP contribution in [0.5, 0.6) is 0 Å². The third-order valence-electron chi connectivity index (χ3n) is 3.56. The molecule has 1 aliphatic carbocycles. The van der Waals surface area contributed by atoms with Gasteiger partial charge in [0.25, 0.3) is 0 Å². The summed E-state index contributed by atoms with van der Waals surface area (Å²) in [6.07, 6.45) is 6.86. The summed E-state index contributed by atoms with van der Waals surface area (Å²) in [5.74, 6) is -0.236. The number of nitro groups is 1. The Kier molecular flexibility index (Phi) is 5.50. The van der Waals surface area contributed by atoms with Crippen molar-refractivity contribution in [3.05, 3.63) is 22.5 Å².